The number of amides is 1. The number of aliphatic imine (C=N–C) groups is 1. The molecule has 1 amide bonds. The number of carbonyl (C=O) groups excluding carboxylic acids is 1. The summed E-state index contributed by atoms with van der Waals surface area (Å²) in [6.07, 6.45) is 4.93. The number of aromatic nitrogens is 4. The van der Waals surface area contributed by atoms with Crippen molar-refractivity contribution in [2.45, 2.75) is 0 Å². The zero-order chi connectivity index (χ0) is 21.2. The Balaban J connectivity index is 1.45. The van der Waals surface area contributed by atoms with Crippen molar-refractivity contribution in [3.8, 4) is 11.4 Å². The number of rotatable bonds is 4. The van der Waals surface area contributed by atoms with Crippen LogP contribution >= 0.6 is 11.8 Å². The van der Waals surface area contributed by atoms with Crippen LogP contribution in [0.5, 0.6) is 5.75 Å². The zero-order valence-corrected chi connectivity index (χ0v) is 17.2. The van der Waals surface area contributed by atoms with Gasteiger partial charge in [-0.2, -0.15) is 5.10 Å². The van der Waals surface area contributed by atoms with Gasteiger partial charge in [-0.15, -0.1) is 0 Å². The molecule has 1 aliphatic rings. The van der Waals surface area contributed by atoms with Crippen LogP contribution in [0.1, 0.15) is 5.56 Å². The maximum atomic E-state index is 12.4. The van der Waals surface area contributed by atoms with E-state index in [-0.39, 0.29) is 5.91 Å². The van der Waals surface area contributed by atoms with Gasteiger partial charge in [0.2, 0.25) is 0 Å². The minimum Gasteiger partial charge on any atom is -0.497 e. The van der Waals surface area contributed by atoms with Crippen molar-refractivity contribution in [1.29, 1.82) is 0 Å². The Bertz CT molecular complexity index is 1330. The van der Waals surface area contributed by atoms with Gasteiger partial charge in [0.15, 0.2) is 16.6 Å². The van der Waals surface area contributed by atoms with Crippen LogP contribution in [0.3, 0.4) is 0 Å². The summed E-state index contributed by atoms with van der Waals surface area (Å²) in [6, 6.07) is 17.2. The number of nitrogens with zero attached hydrogens (tertiary/aromatic N) is 5. The fourth-order valence-corrected chi connectivity index (χ4v) is 3.93. The molecule has 0 radical (unpaired) electrons. The first kappa shape index (κ1) is 19.0. The second-order valence-corrected chi connectivity index (χ2v) is 7.61. The average Bonchev–Trinajstić information content (AvgIpc) is 3.39. The molecule has 2 aromatic carbocycles. The van der Waals surface area contributed by atoms with Gasteiger partial charge in [0.25, 0.3) is 5.91 Å². The molecule has 31 heavy (non-hydrogen) atoms. The van der Waals surface area contributed by atoms with Gasteiger partial charge < -0.3 is 10.1 Å². The van der Waals surface area contributed by atoms with Gasteiger partial charge in [0, 0.05) is 0 Å². The lowest BCUT2D eigenvalue weighted by Gasteiger charge is -2.02. The second kappa shape index (κ2) is 8.04. The molecular formula is C22H16N6O2S. The molecule has 0 unspecified atom stereocenters. The van der Waals surface area contributed by atoms with Gasteiger partial charge in [0.1, 0.15) is 12.1 Å². The van der Waals surface area contributed by atoms with Gasteiger partial charge in [0.05, 0.1) is 29.3 Å². The third-order valence-corrected chi connectivity index (χ3v) is 5.53. The number of benzene rings is 2. The highest BCUT2D eigenvalue weighted by molar-refractivity contribution is 8.18. The molecule has 0 bridgehead atoms. The first-order valence-electron chi connectivity index (χ1n) is 9.39. The first-order chi connectivity index (χ1) is 15.2. The molecule has 1 fully saturated rings. The Morgan fingerprint density at radius 3 is 2.68 bits per heavy atom. The van der Waals surface area contributed by atoms with E-state index >= 15 is 0 Å². The summed E-state index contributed by atoms with van der Waals surface area (Å²) in [5.74, 6) is 1.00. The van der Waals surface area contributed by atoms with Crippen molar-refractivity contribution in [2.75, 3.05) is 7.11 Å². The summed E-state index contributed by atoms with van der Waals surface area (Å²) >= 11 is 1.26. The highest BCUT2D eigenvalue weighted by Gasteiger charge is 2.24. The second-order valence-electron chi connectivity index (χ2n) is 6.58. The van der Waals surface area contributed by atoms with E-state index in [1.807, 2.05) is 60.7 Å². The molecule has 3 heterocycles. The Kier molecular flexibility index (Phi) is 4.93. The molecular weight excluding hydrogens is 412 g/mol. The molecule has 0 spiro atoms. The summed E-state index contributed by atoms with van der Waals surface area (Å²) in [5.41, 5.74) is 2.43. The van der Waals surface area contributed by atoms with Gasteiger partial charge in [-0.25, -0.2) is 19.6 Å². The van der Waals surface area contributed by atoms with Gasteiger partial charge in [-0.1, -0.05) is 30.3 Å². The number of nitrogens with one attached hydrogen (secondary N) is 1. The molecule has 0 saturated carbocycles. The summed E-state index contributed by atoms with van der Waals surface area (Å²) in [6.45, 7) is 0. The Labute approximate surface area is 181 Å². The molecule has 5 rings (SSSR count). The van der Waals surface area contributed by atoms with Crippen molar-refractivity contribution in [2.24, 2.45) is 4.99 Å². The lowest BCUT2D eigenvalue weighted by Crippen LogP contribution is -2.19. The Morgan fingerprint density at radius 2 is 1.90 bits per heavy atom. The van der Waals surface area contributed by atoms with E-state index in [0.29, 0.717) is 26.9 Å². The van der Waals surface area contributed by atoms with E-state index in [1.165, 1.54) is 18.1 Å². The van der Waals surface area contributed by atoms with Crippen molar-refractivity contribution >= 4 is 45.8 Å². The quantitative estimate of drug-likeness (QED) is 0.498. The monoisotopic (exact) mass is 428 g/mol. The molecule has 1 aliphatic heterocycles. The smallest absolute Gasteiger partial charge is 0.264 e. The topological polar surface area (TPSA) is 94.3 Å². The van der Waals surface area contributed by atoms with Crippen LogP contribution in [-0.4, -0.2) is 37.9 Å². The Hall–Kier alpha value is -3.98. The fourth-order valence-electron chi connectivity index (χ4n) is 3.11. The molecule has 8 nitrogen and oxygen atoms in total. The number of hydrogen-bond donors (Lipinski definition) is 1. The molecule has 1 N–H and O–H groups in total. The molecule has 2 aromatic heterocycles. The highest BCUT2D eigenvalue weighted by Crippen LogP contribution is 2.30. The van der Waals surface area contributed by atoms with Crippen LogP contribution in [0.4, 0.5) is 5.82 Å². The van der Waals surface area contributed by atoms with Gasteiger partial charge in [-0.05, 0) is 47.7 Å². The largest absolute Gasteiger partial charge is 0.497 e. The number of fused-ring (bicyclic) bond motifs is 1. The number of amidine groups is 1. The number of hydrogen-bond acceptors (Lipinski definition) is 7. The van der Waals surface area contributed by atoms with E-state index in [2.05, 4.69) is 25.4 Å². The predicted molar refractivity (Wildman–Crippen MR) is 120 cm³/mol. The average molecular weight is 428 g/mol. The van der Waals surface area contributed by atoms with Crippen LogP contribution in [-0.2, 0) is 4.79 Å². The molecule has 152 valence electrons. The molecule has 0 aliphatic carbocycles. The minimum absolute atomic E-state index is 0.204. The SMILES string of the molecule is COc1ccc(/C=C2\S/C(=N/c3ncnc4c3cnn4-c3ccccc3)NC2=O)cc1. The first-order valence-corrected chi connectivity index (χ1v) is 10.2. The fraction of sp³-hybridized carbons (Fsp3) is 0.0455. The van der Waals surface area contributed by atoms with Crippen molar-refractivity contribution in [1.82, 2.24) is 25.1 Å². The third-order valence-electron chi connectivity index (χ3n) is 4.62. The molecule has 4 aromatic rings. The molecule has 1 saturated heterocycles. The van der Waals surface area contributed by atoms with Crippen LogP contribution in [0.2, 0.25) is 0 Å². The van der Waals surface area contributed by atoms with Gasteiger partial charge in [-0.3, -0.25) is 4.79 Å². The third kappa shape index (κ3) is 3.78. The lowest BCUT2D eigenvalue weighted by molar-refractivity contribution is -0.115. The van der Waals surface area contributed by atoms with Crippen molar-refractivity contribution in [3.05, 3.63) is 77.6 Å². The number of carbonyl (C=O) groups is 1. The number of ether oxygens (including phenoxy) is 1. The van der Waals surface area contributed by atoms with E-state index in [0.717, 1.165) is 17.0 Å². The minimum atomic E-state index is -0.204. The van der Waals surface area contributed by atoms with E-state index < -0.39 is 0 Å². The van der Waals surface area contributed by atoms with E-state index in [9.17, 15) is 4.79 Å². The number of para-hydroxylation sites is 1. The summed E-state index contributed by atoms with van der Waals surface area (Å²) in [5, 5.41) is 8.37. The van der Waals surface area contributed by atoms with Crippen LogP contribution < -0.4 is 10.1 Å². The number of methoxy groups -OCH3 is 1. The normalized spacial score (nSPS) is 16.2. The number of thioether (sulfide) groups is 1. The highest BCUT2D eigenvalue weighted by atomic mass is 32.2. The maximum Gasteiger partial charge on any atom is 0.264 e. The lowest BCUT2D eigenvalue weighted by atomic mass is 10.2. The van der Waals surface area contributed by atoms with E-state index in [4.69, 9.17) is 4.74 Å². The maximum absolute atomic E-state index is 12.4. The van der Waals surface area contributed by atoms with E-state index in [1.54, 1.807) is 18.0 Å². The van der Waals surface area contributed by atoms with Gasteiger partial charge >= 0.3 is 0 Å². The summed E-state index contributed by atoms with van der Waals surface area (Å²) < 4.78 is 6.90. The van der Waals surface area contributed by atoms with Crippen LogP contribution in [0.25, 0.3) is 22.8 Å². The van der Waals surface area contributed by atoms with Crippen molar-refractivity contribution < 1.29 is 9.53 Å². The molecule has 9 heteroatoms. The standard InChI is InChI=1S/C22H16N6O2S/c1-30-16-9-7-14(8-10-16)11-18-21(29)27-22(31-18)26-19-17-12-25-28(20(17)24-13-23-19)15-5-3-2-4-6-15/h2-13H,1H3,(H,23,24,26,27,29)/b18-11-. The predicted octanol–water partition coefficient (Wildman–Crippen LogP) is 3.72. The molecule has 0 atom stereocenters. The summed E-state index contributed by atoms with van der Waals surface area (Å²) in [7, 11) is 1.62. The van der Waals surface area contributed by atoms with Crippen LogP contribution in [0.15, 0.2) is 77.0 Å². The Morgan fingerprint density at radius 1 is 1.10 bits per heavy atom. The zero-order valence-electron chi connectivity index (χ0n) is 16.4. The van der Waals surface area contributed by atoms with Crippen molar-refractivity contribution in [3.63, 3.8) is 0 Å². The summed E-state index contributed by atoms with van der Waals surface area (Å²) in [4.78, 5) is 26.1. The van der Waals surface area contributed by atoms with Crippen LogP contribution in [0, 0.1) is 0 Å².